The van der Waals surface area contributed by atoms with Crippen LogP contribution in [0.1, 0.15) is 24.2 Å². The van der Waals surface area contributed by atoms with Crippen LogP contribution in [0.15, 0.2) is 53.4 Å². The zero-order chi connectivity index (χ0) is 17.7. The molecule has 5 nitrogen and oxygen atoms in total. The van der Waals surface area contributed by atoms with Gasteiger partial charge in [-0.05, 0) is 44.2 Å². The fraction of sp³-hybridized carbons (Fsp3) is 0.235. The highest BCUT2D eigenvalue weighted by molar-refractivity contribution is 7.92. The number of hydrogen-bond donors (Lipinski definition) is 1. The van der Waals surface area contributed by atoms with Crippen molar-refractivity contribution < 1.29 is 17.6 Å². The van der Waals surface area contributed by atoms with E-state index in [1.165, 1.54) is 36.4 Å². The number of anilines is 1. The molecular formula is C17H19FN2O3S. The third-order valence-corrected chi connectivity index (χ3v) is 4.92. The zero-order valence-corrected chi connectivity index (χ0v) is 14.3. The molecule has 0 aliphatic carbocycles. The summed E-state index contributed by atoms with van der Waals surface area (Å²) in [5.74, 6) is -0.917. The summed E-state index contributed by atoms with van der Waals surface area (Å²) < 4.78 is 40.7. The zero-order valence-electron chi connectivity index (χ0n) is 13.5. The molecule has 0 aliphatic heterocycles. The van der Waals surface area contributed by atoms with Crippen molar-refractivity contribution in [1.29, 1.82) is 0 Å². The van der Waals surface area contributed by atoms with Crippen LogP contribution in [0, 0.1) is 5.82 Å². The molecule has 0 unspecified atom stereocenters. The summed E-state index contributed by atoms with van der Waals surface area (Å²) in [6.45, 7) is 4.75. The third-order valence-electron chi connectivity index (χ3n) is 3.56. The molecule has 0 radical (unpaired) electrons. The largest absolute Gasteiger partial charge is 0.339 e. The molecular weight excluding hydrogens is 331 g/mol. The summed E-state index contributed by atoms with van der Waals surface area (Å²) in [6, 6.07) is 11.2. The molecule has 0 spiro atoms. The van der Waals surface area contributed by atoms with Crippen LogP contribution < -0.4 is 4.72 Å². The quantitative estimate of drug-likeness (QED) is 0.870. The number of rotatable bonds is 6. The number of hydrogen-bond acceptors (Lipinski definition) is 3. The van der Waals surface area contributed by atoms with Crippen LogP contribution in [0.3, 0.4) is 0 Å². The molecule has 1 N–H and O–H groups in total. The molecule has 0 atom stereocenters. The van der Waals surface area contributed by atoms with E-state index in [4.69, 9.17) is 0 Å². The van der Waals surface area contributed by atoms with Gasteiger partial charge in [-0.2, -0.15) is 0 Å². The molecule has 128 valence electrons. The maximum atomic E-state index is 13.7. The van der Waals surface area contributed by atoms with E-state index >= 15 is 0 Å². The number of benzene rings is 2. The van der Waals surface area contributed by atoms with Crippen LogP contribution in [-0.2, 0) is 10.0 Å². The van der Waals surface area contributed by atoms with E-state index in [0.29, 0.717) is 13.1 Å². The van der Waals surface area contributed by atoms with E-state index in [9.17, 15) is 17.6 Å². The van der Waals surface area contributed by atoms with E-state index < -0.39 is 15.8 Å². The van der Waals surface area contributed by atoms with Crippen molar-refractivity contribution in [3.8, 4) is 0 Å². The Bertz CT molecular complexity index is 833. The molecule has 1 amide bonds. The molecule has 0 saturated heterocycles. The molecule has 0 heterocycles. The maximum Gasteiger partial charge on any atom is 0.262 e. The highest BCUT2D eigenvalue weighted by Crippen LogP contribution is 2.20. The van der Waals surface area contributed by atoms with Crippen LogP contribution in [0.5, 0.6) is 0 Å². The number of carbonyl (C=O) groups excluding carboxylic acids is 1. The lowest BCUT2D eigenvalue weighted by molar-refractivity contribution is 0.0772. The van der Waals surface area contributed by atoms with Gasteiger partial charge in [-0.3, -0.25) is 9.52 Å². The molecule has 7 heteroatoms. The summed E-state index contributed by atoms with van der Waals surface area (Å²) in [5.41, 5.74) is 0.132. The Morgan fingerprint density at radius 2 is 1.75 bits per heavy atom. The van der Waals surface area contributed by atoms with Crippen molar-refractivity contribution in [2.75, 3.05) is 17.8 Å². The van der Waals surface area contributed by atoms with E-state index in [1.807, 2.05) is 13.8 Å². The topological polar surface area (TPSA) is 66.5 Å². The van der Waals surface area contributed by atoms with Gasteiger partial charge in [0.05, 0.1) is 10.6 Å². The van der Waals surface area contributed by atoms with Gasteiger partial charge in [0.2, 0.25) is 0 Å². The van der Waals surface area contributed by atoms with Gasteiger partial charge in [-0.25, -0.2) is 12.8 Å². The molecule has 2 aromatic carbocycles. The van der Waals surface area contributed by atoms with Gasteiger partial charge in [-0.15, -0.1) is 0 Å². The Balaban J connectivity index is 2.33. The average Bonchev–Trinajstić information content (AvgIpc) is 2.58. The van der Waals surface area contributed by atoms with E-state index in [0.717, 1.165) is 6.07 Å². The van der Waals surface area contributed by atoms with Crippen LogP contribution >= 0.6 is 0 Å². The average molecular weight is 350 g/mol. The predicted octanol–water partition coefficient (Wildman–Crippen LogP) is 3.11. The fourth-order valence-corrected chi connectivity index (χ4v) is 3.35. The number of amides is 1. The lowest BCUT2D eigenvalue weighted by Crippen LogP contribution is -2.30. The minimum absolute atomic E-state index is 0.0937. The van der Waals surface area contributed by atoms with Crippen LogP contribution in [0.2, 0.25) is 0 Å². The van der Waals surface area contributed by atoms with Gasteiger partial charge in [0.15, 0.2) is 0 Å². The standard InChI is InChI=1S/C17H19FN2O3S/c1-3-20(4-2)17(21)13-8-7-9-14(12-13)24(22,23)19-16-11-6-5-10-15(16)18/h5-12,19H,3-4H2,1-2H3. The molecule has 2 rings (SSSR count). The molecule has 0 bridgehead atoms. The smallest absolute Gasteiger partial charge is 0.262 e. The summed E-state index contributed by atoms with van der Waals surface area (Å²) in [7, 11) is -3.99. The summed E-state index contributed by atoms with van der Waals surface area (Å²) >= 11 is 0. The first kappa shape index (κ1) is 17.9. The van der Waals surface area contributed by atoms with E-state index in [2.05, 4.69) is 4.72 Å². The second-order valence-corrected chi connectivity index (χ2v) is 6.77. The summed E-state index contributed by atoms with van der Waals surface area (Å²) in [4.78, 5) is 13.8. The van der Waals surface area contributed by atoms with Gasteiger partial charge in [0.1, 0.15) is 5.82 Å². The number of halogens is 1. The number of nitrogens with one attached hydrogen (secondary N) is 1. The first-order chi connectivity index (χ1) is 11.4. The van der Waals surface area contributed by atoms with Crippen molar-refractivity contribution >= 4 is 21.6 Å². The summed E-state index contributed by atoms with van der Waals surface area (Å²) in [5, 5.41) is 0. The van der Waals surface area contributed by atoms with Gasteiger partial charge in [0, 0.05) is 18.7 Å². The van der Waals surface area contributed by atoms with Crippen molar-refractivity contribution in [2.24, 2.45) is 0 Å². The van der Waals surface area contributed by atoms with Crippen molar-refractivity contribution in [1.82, 2.24) is 4.90 Å². The Kier molecular flexibility index (Phi) is 5.56. The number of carbonyl (C=O) groups is 1. The molecule has 0 saturated carbocycles. The Hall–Kier alpha value is -2.41. The van der Waals surface area contributed by atoms with Crippen molar-refractivity contribution in [2.45, 2.75) is 18.7 Å². The van der Waals surface area contributed by atoms with Gasteiger partial charge in [-0.1, -0.05) is 18.2 Å². The Labute approximate surface area is 141 Å². The number of para-hydroxylation sites is 1. The second-order valence-electron chi connectivity index (χ2n) is 5.09. The lowest BCUT2D eigenvalue weighted by Gasteiger charge is -2.19. The van der Waals surface area contributed by atoms with Crippen LogP contribution in [0.25, 0.3) is 0 Å². The minimum atomic E-state index is -3.99. The Morgan fingerprint density at radius 3 is 2.38 bits per heavy atom. The van der Waals surface area contributed by atoms with E-state index in [1.54, 1.807) is 11.0 Å². The first-order valence-electron chi connectivity index (χ1n) is 7.55. The van der Waals surface area contributed by atoms with Crippen molar-refractivity contribution in [3.05, 3.63) is 59.9 Å². The minimum Gasteiger partial charge on any atom is -0.339 e. The van der Waals surface area contributed by atoms with Crippen molar-refractivity contribution in [3.63, 3.8) is 0 Å². The van der Waals surface area contributed by atoms with Crippen LogP contribution in [-0.4, -0.2) is 32.3 Å². The first-order valence-corrected chi connectivity index (χ1v) is 9.04. The van der Waals surface area contributed by atoms with E-state index in [-0.39, 0.29) is 22.1 Å². The third kappa shape index (κ3) is 3.91. The second kappa shape index (κ2) is 7.44. The van der Waals surface area contributed by atoms with Gasteiger partial charge >= 0.3 is 0 Å². The fourth-order valence-electron chi connectivity index (χ4n) is 2.24. The monoisotopic (exact) mass is 350 g/mol. The number of sulfonamides is 1. The highest BCUT2D eigenvalue weighted by atomic mass is 32.2. The highest BCUT2D eigenvalue weighted by Gasteiger charge is 2.19. The Morgan fingerprint density at radius 1 is 1.08 bits per heavy atom. The van der Waals surface area contributed by atoms with Gasteiger partial charge in [0.25, 0.3) is 15.9 Å². The molecule has 24 heavy (non-hydrogen) atoms. The molecule has 0 fully saturated rings. The molecule has 0 aliphatic rings. The number of nitrogens with zero attached hydrogens (tertiary/aromatic N) is 1. The summed E-state index contributed by atoms with van der Waals surface area (Å²) in [6.07, 6.45) is 0. The molecule has 0 aromatic heterocycles. The maximum absolute atomic E-state index is 13.7. The normalized spacial score (nSPS) is 11.1. The SMILES string of the molecule is CCN(CC)C(=O)c1cccc(S(=O)(=O)Nc2ccccc2F)c1. The molecule has 2 aromatic rings. The van der Waals surface area contributed by atoms with Crippen LogP contribution in [0.4, 0.5) is 10.1 Å². The lowest BCUT2D eigenvalue weighted by atomic mass is 10.2. The predicted molar refractivity (Wildman–Crippen MR) is 90.9 cm³/mol. The van der Waals surface area contributed by atoms with Gasteiger partial charge < -0.3 is 4.90 Å².